The van der Waals surface area contributed by atoms with Crippen LogP contribution in [0.4, 0.5) is 0 Å². The molecule has 27 heavy (non-hydrogen) atoms. The van der Waals surface area contributed by atoms with Gasteiger partial charge in [-0.25, -0.2) is 0 Å². The van der Waals surface area contributed by atoms with Gasteiger partial charge < -0.3 is 14.3 Å². The van der Waals surface area contributed by atoms with Gasteiger partial charge in [-0.3, -0.25) is 4.79 Å². The zero-order valence-electron chi connectivity index (χ0n) is 15.6. The van der Waals surface area contributed by atoms with E-state index in [9.17, 15) is 4.79 Å². The van der Waals surface area contributed by atoms with Crippen molar-refractivity contribution in [3.8, 4) is 5.75 Å². The highest BCUT2D eigenvalue weighted by Gasteiger charge is 2.23. The summed E-state index contributed by atoms with van der Waals surface area (Å²) < 4.78 is 10.5. The quantitative estimate of drug-likeness (QED) is 0.241. The number of rotatable bonds is 10. The molecule has 1 atom stereocenters. The summed E-state index contributed by atoms with van der Waals surface area (Å²) in [5, 5.41) is 4.90. The smallest absolute Gasteiger partial charge is 0.314 e. The third kappa shape index (κ3) is 7.06. The Morgan fingerprint density at radius 3 is 2.41 bits per heavy atom. The number of halogens is 1. The van der Waals surface area contributed by atoms with Gasteiger partial charge in [-0.1, -0.05) is 63.6 Å². The van der Waals surface area contributed by atoms with Gasteiger partial charge in [-0.2, -0.15) is 0 Å². The summed E-state index contributed by atoms with van der Waals surface area (Å²) in [6, 6.07) is 17.4. The SMILES string of the molecule is COC(=O)C(Cc1ccc(OCCBr)cc1)/C(C)=N/OCc1ccccc1. The Balaban J connectivity index is 2.01. The topological polar surface area (TPSA) is 57.1 Å². The van der Waals surface area contributed by atoms with Crippen LogP contribution in [0.1, 0.15) is 18.1 Å². The second-order valence-electron chi connectivity index (χ2n) is 5.95. The molecule has 0 radical (unpaired) electrons. The number of alkyl halides is 1. The molecule has 0 saturated carbocycles. The predicted molar refractivity (Wildman–Crippen MR) is 109 cm³/mol. The van der Waals surface area contributed by atoms with Gasteiger partial charge in [0.1, 0.15) is 18.3 Å². The first-order valence-electron chi connectivity index (χ1n) is 8.70. The number of hydrogen-bond donors (Lipinski definition) is 0. The molecule has 0 aromatic heterocycles. The van der Waals surface area contributed by atoms with Crippen LogP contribution in [0.15, 0.2) is 59.8 Å². The fraction of sp³-hybridized carbons (Fsp3) is 0.333. The van der Waals surface area contributed by atoms with Crippen molar-refractivity contribution in [3.05, 3.63) is 65.7 Å². The van der Waals surface area contributed by atoms with E-state index in [1.807, 2.05) is 54.6 Å². The summed E-state index contributed by atoms with van der Waals surface area (Å²) in [5.74, 6) is -0.0383. The summed E-state index contributed by atoms with van der Waals surface area (Å²) in [5.41, 5.74) is 2.59. The molecule has 0 saturated heterocycles. The largest absolute Gasteiger partial charge is 0.493 e. The lowest BCUT2D eigenvalue weighted by Gasteiger charge is -2.15. The molecular weight excluding hydrogens is 410 g/mol. The van der Waals surface area contributed by atoms with Crippen LogP contribution in [-0.4, -0.2) is 30.7 Å². The highest BCUT2D eigenvalue weighted by atomic mass is 79.9. The molecule has 0 N–H and O–H groups in total. The second kappa shape index (κ2) is 11.4. The Hall–Kier alpha value is -2.34. The van der Waals surface area contributed by atoms with E-state index in [2.05, 4.69) is 21.1 Å². The van der Waals surface area contributed by atoms with E-state index in [1.165, 1.54) is 7.11 Å². The predicted octanol–water partition coefficient (Wildman–Crippen LogP) is 4.38. The summed E-state index contributed by atoms with van der Waals surface area (Å²) in [6.07, 6.45) is 0.482. The number of nitrogens with zero attached hydrogens (tertiary/aromatic N) is 1. The molecule has 2 rings (SSSR count). The first kappa shape index (κ1) is 21.0. The van der Waals surface area contributed by atoms with Crippen molar-refractivity contribution < 1.29 is 19.1 Å². The maximum atomic E-state index is 12.2. The molecular formula is C21H24BrNO4. The van der Waals surface area contributed by atoms with E-state index in [0.29, 0.717) is 25.3 Å². The Labute approximate surface area is 168 Å². The number of benzene rings is 2. The molecule has 0 aliphatic carbocycles. The van der Waals surface area contributed by atoms with Gasteiger partial charge in [0.05, 0.1) is 19.4 Å². The van der Waals surface area contributed by atoms with Gasteiger partial charge in [0.2, 0.25) is 0 Å². The highest BCUT2D eigenvalue weighted by Crippen LogP contribution is 2.17. The van der Waals surface area contributed by atoms with Crippen molar-refractivity contribution in [1.29, 1.82) is 0 Å². The second-order valence-corrected chi connectivity index (χ2v) is 6.75. The number of methoxy groups -OCH3 is 1. The standard InChI is InChI=1S/C21H24BrNO4/c1-16(23-27-15-18-6-4-3-5-7-18)20(21(24)25-2)14-17-8-10-19(11-9-17)26-13-12-22/h3-11,20H,12-15H2,1-2H3/b23-16+. The van der Waals surface area contributed by atoms with Gasteiger partial charge in [0.15, 0.2) is 0 Å². The van der Waals surface area contributed by atoms with Crippen molar-refractivity contribution in [2.75, 3.05) is 19.0 Å². The average Bonchev–Trinajstić information content (AvgIpc) is 2.71. The van der Waals surface area contributed by atoms with E-state index < -0.39 is 5.92 Å². The number of esters is 1. The average molecular weight is 434 g/mol. The fourth-order valence-electron chi connectivity index (χ4n) is 2.50. The van der Waals surface area contributed by atoms with Crippen LogP contribution >= 0.6 is 15.9 Å². The lowest BCUT2D eigenvalue weighted by atomic mass is 9.95. The minimum absolute atomic E-state index is 0.334. The Bertz CT molecular complexity index is 732. The lowest BCUT2D eigenvalue weighted by molar-refractivity contribution is -0.143. The fourth-order valence-corrected chi connectivity index (χ4v) is 2.67. The number of carbonyl (C=O) groups excluding carboxylic acids is 1. The van der Waals surface area contributed by atoms with Crippen LogP contribution in [0.3, 0.4) is 0 Å². The van der Waals surface area contributed by atoms with Gasteiger partial charge in [0.25, 0.3) is 0 Å². The molecule has 5 nitrogen and oxygen atoms in total. The molecule has 0 spiro atoms. The molecule has 6 heteroatoms. The minimum atomic E-state index is -0.500. The van der Waals surface area contributed by atoms with Crippen molar-refractivity contribution in [2.24, 2.45) is 11.1 Å². The molecule has 0 fully saturated rings. The van der Waals surface area contributed by atoms with Crippen LogP contribution in [0.2, 0.25) is 0 Å². The van der Waals surface area contributed by atoms with E-state index in [0.717, 1.165) is 22.2 Å². The van der Waals surface area contributed by atoms with E-state index in [1.54, 1.807) is 6.92 Å². The molecule has 0 heterocycles. The number of hydrogen-bond acceptors (Lipinski definition) is 5. The first-order chi connectivity index (χ1) is 13.1. The number of ether oxygens (including phenoxy) is 2. The van der Waals surface area contributed by atoms with Crippen LogP contribution < -0.4 is 4.74 Å². The van der Waals surface area contributed by atoms with Gasteiger partial charge >= 0.3 is 5.97 Å². The van der Waals surface area contributed by atoms with Gasteiger partial charge in [0, 0.05) is 5.33 Å². The molecule has 1 unspecified atom stereocenters. The molecule has 0 aliphatic rings. The summed E-state index contributed by atoms with van der Waals surface area (Å²) in [4.78, 5) is 17.6. The Kier molecular flexibility index (Phi) is 8.84. The molecule has 2 aromatic carbocycles. The van der Waals surface area contributed by atoms with E-state index in [4.69, 9.17) is 14.3 Å². The maximum Gasteiger partial charge on any atom is 0.314 e. The van der Waals surface area contributed by atoms with Gasteiger partial charge in [-0.15, -0.1) is 0 Å². The Morgan fingerprint density at radius 1 is 1.07 bits per heavy atom. The minimum Gasteiger partial charge on any atom is -0.493 e. The monoisotopic (exact) mass is 433 g/mol. The summed E-state index contributed by atoms with van der Waals surface area (Å²) >= 11 is 3.33. The zero-order chi connectivity index (χ0) is 19.5. The van der Waals surface area contributed by atoms with Crippen molar-refractivity contribution in [3.63, 3.8) is 0 Å². The third-order valence-electron chi connectivity index (χ3n) is 3.98. The maximum absolute atomic E-state index is 12.2. The van der Waals surface area contributed by atoms with E-state index >= 15 is 0 Å². The molecule has 0 bridgehead atoms. The third-order valence-corrected chi connectivity index (χ3v) is 4.31. The van der Waals surface area contributed by atoms with Crippen molar-refractivity contribution in [2.45, 2.75) is 20.0 Å². The van der Waals surface area contributed by atoms with Crippen LogP contribution in [0.5, 0.6) is 5.75 Å². The molecule has 0 aliphatic heterocycles. The first-order valence-corrected chi connectivity index (χ1v) is 9.82. The number of oxime groups is 1. The molecule has 0 amide bonds. The van der Waals surface area contributed by atoms with Crippen molar-refractivity contribution >= 4 is 27.6 Å². The summed E-state index contributed by atoms with van der Waals surface area (Å²) in [7, 11) is 1.38. The molecule has 144 valence electrons. The summed E-state index contributed by atoms with van der Waals surface area (Å²) in [6.45, 7) is 2.74. The van der Waals surface area contributed by atoms with Gasteiger partial charge in [-0.05, 0) is 36.6 Å². The normalized spacial score (nSPS) is 12.3. The van der Waals surface area contributed by atoms with Crippen LogP contribution in [0.25, 0.3) is 0 Å². The van der Waals surface area contributed by atoms with Crippen LogP contribution in [0, 0.1) is 5.92 Å². The lowest BCUT2D eigenvalue weighted by Crippen LogP contribution is -2.26. The molecule has 2 aromatic rings. The highest BCUT2D eigenvalue weighted by molar-refractivity contribution is 9.09. The van der Waals surface area contributed by atoms with Crippen LogP contribution in [-0.2, 0) is 27.4 Å². The van der Waals surface area contributed by atoms with E-state index in [-0.39, 0.29) is 5.97 Å². The zero-order valence-corrected chi connectivity index (χ0v) is 17.1. The van der Waals surface area contributed by atoms with Crippen molar-refractivity contribution in [1.82, 2.24) is 0 Å². The Morgan fingerprint density at radius 2 is 1.78 bits per heavy atom. The number of carbonyl (C=O) groups is 1.